The topological polar surface area (TPSA) is 0 Å². The van der Waals surface area contributed by atoms with E-state index < -0.39 is 17.0 Å². The lowest BCUT2D eigenvalue weighted by atomic mass is 9.98. The van der Waals surface area contributed by atoms with Crippen molar-refractivity contribution < 1.29 is 8.78 Å². The fourth-order valence-corrected chi connectivity index (χ4v) is 1.92. The lowest BCUT2D eigenvalue weighted by Crippen LogP contribution is -2.05. The Morgan fingerprint density at radius 1 is 1.33 bits per heavy atom. The minimum absolute atomic E-state index is 0.113. The van der Waals surface area contributed by atoms with Crippen molar-refractivity contribution in [2.45, 2.75) is 25.6 Å². The Labute approximate surface area is 102 Å². The highest BCUT2D eigenvalue weighted by atomic mass is 79.9. The second-order valence-corrected chi connectivity index (χ2v) is 4.90. The van der Waals surface area contributed by atoms with Crippen LogP contribution in [-0.4, -0.2) is 0 Å². The van der Waals surface area contributed by atoms with Crippen LogP contribution >= 0.6 is 27.5 Å². The molecule has 0 spiro atoms. The highest BCUT2D eigenvalue weighted by Gasteiger charge is 2.20. The molecule has 0 aliphatic rings. The third kappa shape index (κ3) is 2.91. The van der Waals surface area contributed by atoms with Crippen LogP contribution < -0.4 is 0 Å². The molecule has 2 unspecified atom stereocenters. The van der Waals surface area contributed by atoms with Crippen molar-refractivity contribution in [1.82, 2.24) is 0 Å². The molecule has 0 heterocycles. The summed E-state index contributed by atoms with van der Waals surface area (Å²) in [5.41, 5.74) is 0.228. The summed E-state index contributed by atoms with van der Waals surface area (Å²) in [7, 11) is 0. The van der Waals surface area contributed by atoms with Crippen molar-refractivity contribution in [3.8, 4) is 0 Å². The third-order valence-electron chi connectivity index (χ3n) is 2.48. The van der Waals surface area contributed by atoms with E-state index in [1.807, 2.05) is 13.8 Å². The number of rotatable bonds is 3. The summed E-state index contributed by atoms with van der Waals surface area (Å²) in [6.07, 6.45) is 0.825. The molecule has 0 N–H and O–H groups in total. The average Bonchev–Trinajstić information content (AvgIpc) is 2.21. The molecule has 0 saturated heterocycles. The Hall–Kier alpha value is -0.150. The second kappa shape index (κ2) is 5.26. The maximum Gasteiger partial charge on any atom is 0.137 e. The number of hydrogen-bond acceptors (Lipinski definition) is 0. The van der Waals surface area contributed by atoms with Gasteiger partial charge in [-0.05, 0) is 34.0 Å². The van der Waals surface area contributed by atoms with E-state index in [-0.39, 0.29) is 16.0 Å². The first-order valence-corrected chi connectivity index (χ1v) is 5.98. The maximum atomic E-state index is 13.5. The van der Waals surface area contributed by atoms with E-state index in [0.717, 1.165) is 18.6 Å². The molecule has 0 nitrogen and oxygen atoms in total. The van der Waals surface area contributed by atoms with Gasteiger partial charge in [-0.1, -0.05) is 20.3 Å². The van der Waals surface area contributed by atoms with Crippen molar-refractivity contribution in [1.29, 1.82) is 0 Å². The summed E-state index contributed by atoms with van der Waals surface area (Å²) in [6.45, 7) is 3.88. The van der Waals surface area contributed by atoms with Crippen LogP contribution in [0.25, 0.3) is 0 Å². The zero-order valence-corrected chi connectivity index (χ0v) is 10.9. The Morgan fingerprint density at radius 2 is 1.93 bits per heavy atom. The molecular weight excluding hydrogens is 285 g/mol. The van der Waals surface area contributed by atoms with Gasteiger partial charge in [0.15, 0.2) is 0 Å². The monoisotopic (exact) mass is 296 g/mol. The fourth-order valence-electron chi connectivity index (χ4n) is 1.26. The molecule has 0 aliphatic carbocycles. The average molecular weight is 298 g/mol. The van der Waals surface area contributed by atoms with Crippen molar-refractivity contribution >= 4 is 27.5 Å². The molecule has 0 saturated carbocycles. The molecule has 4 heteroatoms. The Balaban J connectivity index is 3.09. The van der Waals surface area contributed by atoms with E-state index >= 15 is 0 Å². The molecule has 0 amide bonds. The summed E-state index contributed by atoms with van der Waals surface area (Å²) in [5.74, 6) is -0.842. The number of alkyl halides is 1. The van der Waals surface area contributed by atoms with E-state index in [1.165, 1.54) is 0 Å². The van der Waals surface area contributed by atoms with Gasteiger partial charge in [0.2, 0.25) is 0 Å². The molecule has 2 atom stereocenters. The minimum atomic E-state index is -0.488. The summed E-state index contributed by atoms with van der Waals surface area (Å²) in [5, 5.41) is -0.488. The predicted molar refractivity (Wildman–Crippen MR) is 62.1 cm³/mol. The SMILES string of the molecule is CCC(C)C(Cl)c1cc(F)c(Br)cc1F. The molecule has 1 rings (SSSR count). The number of hydrogen-bond donors (Lipinski definition) is 0. The van der Waals surface area contributed by atoms with Gasteiger partial charge in [-0.25, -0.2) is 8.78 Å². The highest BCUT2D eigenvalue weighted by Crippen LogP contribution is 2.34. The summed E-state index contributed by atoms with van der Waals surface area (Å²) >= 11 is 8.99. The first-order chi connectivity index (χ1) is 6.97. The zero-order valence-electron chi connectivity index (χ0n) is 8.53. The molecule has 0 fully saturated rings. The first-order valence-electron chi connectivity index (χ1n) is 4.75. The van der Waals surface area contributed by atoms with Crippen LogP contribution in [0.3, 0.4) is 0 Å². The Bertz CT molecular complexity index is 355. The molecule has 15 heavy (non-hydrogen) atoms. The highest BCUT2D eigenvalue weighted by molar-refractivity contribution is 9.10. The van der Waals surface area contributed by atoms with Crippen LogP contribution in [0.4, 0.5) is 8.78 Å². The van der Waals surface area contributed by atoms with Crippen molar-refractivity contribution in [3.63, 3.8) is 0 Å². The smallest absolute Gasteiger partial charge is 0.137 e. The quantitative estimate of drug-likeness (QED) is 0.541. The zero-order chi connectivity index (χ0) is 11.6. The predicted octanol–water partition coefficient (Wildman–Crippen LogP) is 5.05. The molecule has 84 valence electrons. The Morgan fingerprint density at radius 3 is 2.47 bits per heavy atom. The van der Waals surface area contributed by atoms with E-state index in [2.05, 4.69) is 15.9 Å². The maximum absolute atomic E-state index is 13.5. The summed E-state index contributed by atoms with van der Waals surface area (Å²) in [4.78, 5) is 0. The molecular formula is C11H12BrClF2. The molecule has 1 aromatic rings. The largest absolute Gasteiger partial charge is 0.207 e. The number of halogens is 4. The van der Waals surface area contributed by atoms with Gasteiger partial charge in [0, 0.05) is 5.56 Å². The van der Waals surface area contributed by atoms with Gasteiger partial charge in [-0.15, -0.1) is 11.6 Å². The summed E-state index contributed by atoms with van der Waals surface area (Å²) in [6, 6.07) is 2.27. The van der Waals surface area contributed by atoms with Crippen molar-refractivity contribution in [2.24, 2.45) is 5.92 Å². The molecule has 1 aromatic carbocycles. The third-order valence-corrected chi connectivity index (χ3v) is 3.75. The van der Waals surface area contributed by atoms with Crippen molar-refractivity contribution in [2.75, 3.05) is 0 Å². The van der Waals surface area contributed by atoms with Crippen LogP contribution in [0.2, 0.25) is 0 Å². The van der Waals surface area contributed by atoms with Crippen LogP contribution in [0.15, 0.2) is 16.6 Å². The molecule has 0 bridgehead atoms. The minimum Gasteiger partial charge on any atom is -0.207 e. The van der Waals surface area contributed by atoms with E-state index in [1.54, 1.807) is 0 Å². The molecule has 0 aromatic heterocycles. The van der Waals surface area contributed by atoms with Gasteiger partial charge in [0.1, 0.15) is 11.6 Å². The standard InChI is InChI=1S/C11H12BrClF2/c1-3-6(2)11(13)7-4-10(15)8(12)5-9(7)14/h4-6,11H,3H2,1-2H3. The normalized spacial score (nSPS) is 15.1. The second-order valence-electron chi connectivity index (χ2n) is 3.58. The van der Waals surface area contributed by atoms with Crippen LogP contribution in [0, 0.1) is 17.6 Å². The first kappa shape index (κ1) is 12.9. The van der Waals surface area contributed by atoms with Gasteiger partial charge in [0.25, 0.3) is 0 Å². The number of benzene rings is 1. The van der Waals surface area contributed by atoms with E-state index in [9.17, 15) is 8.78 Å². The molecule has 0 aliphatic heterocycles. The van der Waals surface area contributed by atoms with E-state index in [0.29, 0.717) is 0 Å². The lowest BCUT2D eigenvalue weighted by molar-refractivity contribution is 0.509. The van der Waals surface area contributed by atoms with Gasteiger partial charge in [0.05, 0.1) is 9.85 Å². The van der Waals surface area contributed by atoms with Gasteiger partial charge in [-0.2, -0.15) is 0 Å². The van der Waals surface area contributed by atoms with Gasteiger partial charge in [-0.3, -0.25) is 0 Å². The molecule has 0 radical (unpaired) electrons. The van der Waals surface area contributed by atoms with Crippen LogP contribution in [-0.2, 0) is 0 Å². The summed E-state index contributed by atoms with van der Waals surface area (Å²) < 4.78 is 26.8. The van der Waals surface area contributed by atoms with Gasteiger partial charge >= 0.3 is 0 Å². The fraction of sp³-hybridized carbons (Fsp3) is 0.455. The van der Waals surface area contributed by atoms with Crippen molar-refractivity contribution in [3.05, 3.63) is 33.8 Å². The van der Waals surface area contributed by atoms with Gasteiger partial charge < -0.3 is 0 Å². The lowest BCUT2D eigenvalue weighted by Gasteiger charge is -2.17. The Kier molecular flexibility index (Phi) is 4.53. The van der Waals surface area contributed by atoms with Crippen LogP contribution in [0.5, 0.6) is 0 Å². The van der Waals surface area contributed by atoms with E-state index in [4.69, 9.17) is 11.6 Å². The van der Waals surface area contributed by atoms with Crippen LogP contribution in [0.1, 0.15) is 31.2 Å².